The van der Waals surface area contributed by atoms with E-state index in [2.05, 4.69) is 40.0 Å². The van der Waals surface area contributed by atoms with Crippen molar-refractivity contribution in [3.63, 3.8) is 0 Å². The molecule has 0 bridgehead atoms. The topological polar surface area (TPSA) is 90.3 Å². The number of carbonyl (C=O) groups is 3. The average Bonchev–Trinajstić information content (AvgIpc) is 3.22. The summed E-state index contributed by atoms with van der Waals surface area (Å²) in [6.45, 7) is 6.64. The highest BCUT2D eigenvalue weighted by atomic mass is 79.9. The first kappa shape index (κ1) is 26.9. The Hall–Kier alpha value is -2.69. The van der Waals surface area contributed by atoms with Crippen LogP contribution in [0.25, 0.3) is 16.5 Å². The van der Waals surface area contributed by atoms with Crippen molar-refractivity contribution in [2.75, 3.05) is 46.7 Å². The fourth-order valence-corrected chi connectivity index (χ4v) is 6.65. The molecule has 1 aliphatic carbocycles. The summed E-state index contributed by atoms with van der Waals surface area (Å²) in [5.74, 6) is -0.672. The van der Waals surface area contributed by atoms with Gasteiger partial charge in [-0.25, -0.2) is 9.36 Å². The van der Waals surface area contributed by atoms with E-state index in [-0.39, 0.29) is 29.8 Å². The molecule has 0 spiro atoms. The first-order chi connectivity index (χ1) is 18.3. The Morgan fingerprint density at radius 3 is 2.58 bits per heavy atom. The summed E-state index contributed by atoms with van der Waals surface area (Å²) in [5, 5.41) is 0.974. The highest BCUT2D eigenvalue weighted by Crippen LogP contribution is 2.45. The summed E-state index contributed by atoms with van der Waals surface area (Å²) >= 11 is 3.66. The molecule has 3 heterocycles. The lowest BCUT2D eigenvalue weighted by molar-refractivity contribution is -0.159. The van der Waals surface area contributed by atoms with E-state index in [9.17, 15) is 14.4 Å². The van der Waals surface area contributed by atoms with Crippen LogP contribution in [-0.4, -0.2) is 85.1 Å². The molecule has 2 atom stereocenters. The molecule has 0 saturated carbocycles. The quantitative estimate of drug-likeness (QED) is 0.372. The molecule has 0 radical (unpaired) electrons. The van der Waals surface area contributed by atoms with Crippen LogP contribution in [0, 0.1) is 11.8 Å². The Bertz CT molecular complexity index is 1280. The summed E-state index contributed by atoms with van der Waals surface area (Å²) < 4.78 is 18.0. The molecular formula is C28H34BrN3O6. The second kappa shape index (κ2) is 11.2. The second-order valence-corrected chi connectivity index (χ2v) is 10.8. The Morgan fingerprint density at radius 2 is 1.87 bits per heavy atom. The van der Waals surface area contributed by atoms with Crippen LogP contribution in [0.2, 0.25) is 0 Å². The zero-order valence-corrected chi connectivity index (χ0v) is 23.7. The number of nitrogens with zero attached hydrogens (tertiary/aromatic N) is 3. The van der Waals surface area contributed by atoms with Crippen molar-refractivity contribution in [2.45, 2.75) is 39.2 Å². The maximum absolute atomic E-state index is 13.2. The van der Waals surface area contributed by atoms with Crippen LogP contribution in [0.1, 0.15) is 37.8 Å². The predicted octanol–water partition coefficient (Wildman–Crippen LogP) is 4.05. The number of esters is 1. The van der Waals surface area contributed by atoms with Gasteiger partial charge in [-0.3, -0.25) is 14.5 Å². The minimum atomic E-state index is -0.619. The molecule has 5 rings (SSSR count). The first-order valence-corrected chi connectivity index (χ1v) is 14.1. The molecule has 10 heteroatoms. The third-order valence-electron chi connectivity index (χ3n) is 8.01. The molecule has 38 heavy (non-hydrogen) atoms. The number of aromatic nitrogens is 1. The lowest BCUT2D eigenvalue weighted by atomic mass is 9.79. The van der Waals surface area contributed by atoms with Gasteiger partial charge in [-0.05, 0) is 78.9 Å². The summed E-state index contributed by atoms with van der Waals surface area (Å²) in [6.07, 6.45) is 3.43. The van der Waals surface area contributed by atoms with Crippen molar-refractivity contribution >= 4 is 50.4 Å². The smallest absolute Gasteiger partial charge is 0.422 e. The fraction of sp³-hybridized carbons (Fsp3) is 0.536. The van der Waals surface area contributed by atoms with Gasteiger partial charge in [0.25, 0.3) is 0 Å². The minimum absolute atomic E-state index is 0.0949. The van der Waals surface area contributed by atoms with Crippen molar-refractivity contribution in [3.05, 3.63) is 40.0 Å². The minimum Gasteiger partial charge on any atom is -0.428 e. The number of carbonyl (C=O) groups excluding carboxylic acids is 3. The Balaban J connectivity index is 1.41. The monoisotopic (exact) mass is 587 g/mol. The van der Waals surface area contributed by atoms with Gasteiger partial charge in [0.2, 0.25) is 12.7 Å². The molecule has 3 aliphatic rings. The average molecular weight is 588 g/mol. The van der Waals surface area contributed by atoms with E-state index < -0.39 is 12.9 Å². The van der Waals surface area contributed by atoms with Gasteiger partial charge in [-0.15, -0.1) is 0 Å². The Morgan fingerprint density at radius 1 is 1.13 bits per heavy atom. The number of rotatable bonds is 6. The molecule has 2 aromatic rings. The lowest BCUT2D eigenvalue weighted by Crippen LogP contribution is -2.47. The molecular weight excluding hydrogens is 554 g/mol. The molecule has 1 saturated heterocycles. The van der Waals surface area contributed by atoms with E-state index in [0.29, 0.717) is 62.2 Å². The molecule has 1 fully saturated rings. The molecule has 1 aromatic heterocycles. The molecule has 1 aromatic carbocycles. The third kappa shape index (κ3) is 4.78. The molecule has 204 valence electrons. The van der Waals surface area contributed by atoms with Crippen LogP contribution in [0.5, 0.6) is 0 Å². The number of fused-ring (bicyclic) bond motifs is 2. The van der Waals surface area contributed by atoms with E-state index in [4.69, 9.17) is 14.2 Å². The van der Waals surface area contributed by atoms with Crippen LogP contribution < -0.4 is 0 Å². The molecule has 0 N–H and O–H groups in total. The first-order valence-electron chi connectivity index (χ1n) is 13.3. The predicted molar refractivity (Wildman–Crippen MR) is 146 cm³/mol. The van der Waals surface area contributed by atoms with Crippen LogP contribution in [0.3, 0.4) is 0 Å². The number of benzene rings is 1. The zero-order valence-electron chi connectivity index (χ0n) is 22.1. The van der Waals surface area contributed by atoms with Gasteiger partial charge in [0.15, 0.2) is 0 Å². The number of ether oxygens (including phenoxy) is 3. The van der Waals surface area contributed by atoms with Crippen LogP contribution in [0.15, 0.2) is 28.9 Å². The van der Waals surface area contributed by atoms with Gasteiger partial charge in [0.1, 0.15) is 0 Å². The van der Waals surface area contributed by atoms with Crippen LogP contribution >= 0.6 is 15.9 Å². The molecule has 2 aliphatic heterocycles. The maximum atomic E-state index is 13.2. The fourth-order valence-electron chi connectivity index (χ4n) is 5.95. The molecule has 1 amide bonds. The van der Waals surface area contributed by atoms with Crippen molar-refractivity contribution in [3.8, 4) is 0 Å². The van der Waals surface area contributed by atoms with Crippen LogP contribution in [0.4, 0.5) is 4.79 Å². The van der Waals surface area contributed by atoms with E-state index in [1.807, 2.05) is 30.9 Å². The third-order valence-corrected chi connectivity index (χ3v) is 8.84. The SMILES string of the molecule is CCN(CC)C(=O)C1C=C2c3cccc4c3c(c(Br)n4C(=O)OCOC(=O)C3CCOCC3)CC2N(C)C1. The van der Waals surface area contributed by atoms with Crippen molar-refractivity contribution in [2.24, 2.45) is 11.8 Å². The van der Waals surface area contributed by atoms with Gasteiger partial charge in [-0.1, -0.05) is 18.2 Å². The van der Waals surface area contributed by atoms with E-state index in [1.54, 1.807) is 0 Å². The Labute approximate surface area is 230 Å². The number of hydrogen-bond acceptors (Lipinski definition) is 7. The van der Waals surface area contributed by atoms with Crippen molar-refractivity contribution in [1.29, 1.82) is 0 Å². The van der Waals surface area contributed by atoms with Crippen molar-refractivity contribution in [1.82, 2.24) is 14.4 Å². The normalized spacial score (nSPS) is 21.5. The van der Waals surface area contributed by atoms with Crippen molar-refractivity contribution < 1.29 is 28.6 Å². The van der Waals surface area contributed by atoms with Gasteiger partial charge in [0, 0.05) is 44.3 Å². The lowest BCUT2D eigenvalue weighted by Gasteiger charge is -2.40. The van der Waals surface area contributed by atoms with E-state index in [1.165, 1.54) is 4.57 Å². The number of likely N-dealkylation sites (N-methyl/N-ethyl adjacent to an activating group) is 1. The van der Waals surface area contributed by atoms with E-state index in [0.717, 1.165) is 22.1 Å². The Kier molecular flexibility index (Phi) is 7.93. The number of amides is 1. The zero-order chi connectivity index (χ0) is 27.0. The summed E-state index contributed by atoms with van der Waals surface area (Å²) in [5.41, 5.74) is 3.88. The molecule has 9 nitrogen and oxygen atoms in total. The largest absolute Gasteiger partial charge is 0.428 e. The highest BCUT2D eigenvalue weighted by molar-refractivity contribution is 9.10. The van der Waals surface area contributed by atoms with Gasteiger partial charge in [0.05, 0.1) is 22.0 Å². The summed E-state index contributed by atoms with van der Waals surface area (Å²) in [6, 6.07) is 5.95. The van der Waals surface area contributed by atoms with Gasteiger partial charge < -0.3 is 19.1 Å². The number of halogens is 1. The van der Waals surface area contributed by atoms with Gasteiger partial charge >= 0.3 is 12.1 Å². The van der Waals surface area contributed by atoms with E-state index >= 15 is 0 Å². The number of hydrogen-bond donors (Lipinski definition) is 0. The summed E-state index contributed by atoms with van der Waals surface area (Å²) in [7, 11) is 2.05. The summed E-state index contributed by atoms with van der Waals surface area (Å²) in [4.78, 5) is 42.8. The van der Waals surface area contributed by atoms with Crippen LogP contribution in [-0.2, 0) is 30.2 Å². The maximum Gasteiger partial charge on any atom is 0.422 e. The van der Waals surface area contributed by atoms with Gasteiger partial charge in [-0.2, -0.15) is 0 Å². The standard InChI is InChI=1S/C28H34BrN3O6/c1-4-31(5-2)26(33)18-13-20-19-7-6-8-22-24(19)21(14-23(20)30(3)15-18)25(29)32(22)28(35)38-16-37-27(34)17-9-11-36-12-10-17/h6-8,13,17-18,23H,4-5,9-12,14-16H2,1-3H3. The highest BCUT2D eigenvalue weighted by Gasteiger charge is 2.38. The molecule has 2 unspecified atom stereocenters. The second-order valence-electron chi connectivity index (χ2n) is 10.1.